The van der Waals surface area contributed by atoms with Crippen LogP contribution < -0.4 is 16.1 Å². The Labute approximate surface area is 386 Å². The maximum atomic E-state index is 14.7. The van der Waals surface area contributed by atoms with Crippen LogP contribution in [0.3, 0.4) is 0 Å². The van der Waals surface area contributed by atoms with E-state index in [0.29, 0.717) is 64.2 Å². The highest BCUT2D eigenvalue weighted by molar-refractivity contribution is 5.96. The van der Waals surface area contributed by atoms with Crippen molar-refractivity contribution < 1.29 is 38.6 Å². The number of methoxy groups -OCH3 is 1. The number of rotatable bonds is 10. The molecular weight excluding hydrogens is 841 g/mol. The highest BCUT2D eigenvalue weighted by Crippen LogP contribution is 2.41. The third-order valence-corrected chi connectivity index (χ3v) is 13.5. The number of pyridine rings is 1. The number of aryl methyl sites for hydroxylation is 1. The number of phenols is 1. The van der Waals surface area contributed by atoms with E-state index in [1.54, 1.807) is 37.4 Å². The second-order valence-corrected chi connectivity index (χ2v) is 19.6. The molecule has 4 atom stereocenters. The highest BCUT2D eigenvalue weighted by Gasteiger charge is 2.45. The summed E-state index contributed by atoms with van der Waals surface area (Å²) in [5.74, 6) is -2.30. The summed E-state index contributed by atoms with van der Waals surface area (Å²) in [5.41, 5.74) is 9.98. The molecule has 2 aromatic heterocycles. The van der Waals surface area contributed by atoms with Gasteiger partial charge in [-0.25, -0.2) is 5.43 Å². The molecule has 0 saturated carbocycles. The molecule has 6 heterocycles. The molecule has 352 valence electrons. The van der Waals surface area contributed by atoms with E-state index in [1.807, 2.05) is 38.2 Å². The molecule has 2 aromatic carbocycles. The number of aromatic nitrogens is 2. The van der Waals surface area contributed by atoms with Crippen LogP contribution in [-0.4, -0.2) is 130 Å². The first kappa shape index (κ1) is 46.7. The Kier molecular flexibility index (Phi) is 13.6. The van der Waals surface area contributed by atoms with Crippen molar-refractivity contribution in [3.05, 3.63) is 71.5 Å². The number of carbonyl (C=O) groups is 5. The number of hydrogen-bond acceptors (Lipinski definition) is 11. The molecule has 0 spiro atoms. The average Bonchev–Trinajstić information content (AvgIpc) is 4.08. The molecule has 8 rings (SSSR count). The predicted octanol–water partition coefficient (Wildman–Crippen LogP) is 4.19. The van der Waals surface area contributed by atoms with Crippen molar-refractivity contribution in [2.45, 2.75) is 104 Å². The molecule has 0 unspecified atom stereocenters. The van der Waals surface area contributed by atoms with Crippen LogP contribution in [-0.2, 0) is 59.4 Å². The van der Waals surface area contributed by atoms with Crippen LogP contribution in [0.1, 0.15) is 70.6 Å². The number of hydrazine groups is 1. The second kappa shape index (κ2) is 19.2. The number of ether oxygens (including phenoxy) is 2. The van der Waals surface area contributed by atoms with Crippen LogP contribution in [0.5, 0.6) is 5.75 Å². The zero-order valence-corrected chi connectivity index (χ0v) is 39.2. The number of cyclic esters (lactones) is 1. The smallest absolute Gasteiger partial charge is 0.307 e. The number of esters is 1. The van der Waals surface area contributed by atoms with Gasteiger partial charge in [0.1, 0.15) is 17.8 Å². The maximum Gasteiger partial charge on any atom is 0.307 e. The molecule has 4 amide bonds. The fraction of sp³-hybridized carbons (Fsp3) is 0.520. The van der Waals surface area contributed by atoms with Crippen molar-refractivity contribution >= 4 is 40.5 Å². The Bertz CT molecular complexity index is 2510. The van der Waals surface area contributed by atoms with Crippen LogP contribution in [0, 0.1) is 17.3 Å². The van der Waals surface area contributed by atoms with Gasteiger partial charge in [-0.1, -0.05) is 39.8 Å². The number of phenolic OH excluding ortho intramolecular Hbond substituents is 1. The van der Waals surface area contributed by atoms with Crippen LogP contribution >= 0.6 is 0 Å². The van der Waals surface area contributed by atoms with E-state index in [1.165, 1.54) is 9.91 Å². The molecule has 16 heteroatoms. The van der Waals surface area contributed by atoms with Crippen LogP contribution in [0.4, 0.5) is 0 Å². The van der Waals surface area contributed by atoms with Crippen molar-refractivity contribution in [3.63, 3.8) is 0 Å². The number of amides is 4. The zero-order valence-electron chi connectivity index (χ0n) is 39.2. The molecule has 66 heavy (non-hydrogen) atoms. The van der Waals surface area contributed by atoms with Gasteiger partial charge < -0.3 is 39.6 Å². The lowest BCUT2D eigenvalue weighted by molar-refractivity contribution is -0.153. The molecule has 3 saturated heterocycles. The Morgan fingerprint density at radius 3 is 2.56 bits per heavy atom. The zero-order chi connectivity index (χ0) is 47.0. The van der Waals surface area contributed by atoms with Crippen LogP contribution in [0.25, 0.3) is 33.3 Å². The van der Waals surface area contributed by atoms with Crippen molar-refractivity contribution in [2.75, 3.05) is 46.9 Å². The van der Waals surface area contributed by atoms with E-state index in [2.05, 4.69) is 58.5 Å². The van der Waals surface area contributed by atoms with E-state index >= 15 is 0 Å². The molecule has 4 N–H and O–H groups in total. The lowest BCUT2D eigenvalue weighted by Crippen LogP contribution is -2.63. The van der Waals surface area contributed by atoms with Gasteiger partial charge in [0.05, 0.1) is 37.3 Å². The molecular formula is C50H64N8O8. The van der Waals surface area contributed by atoms with Gasteiger partial charge in [0.2, 0.25) is 17.7 Å². The monoisotopic (exact) mass is 904 g/mol. The largest absolute Gasteiger partial charge is 0.508 e. The fourth-order valence-electron chi connectivity index (χ4n) is 10.0. The number of fused-ring (bicyclic) bond motifs is 6. The number of aromatic hydroxyl groups is 1. The molecule has 3 fully saturated rings. The minimum Gasteiger partial charge on any atom is -0.508 e. The third-order valence-electron chi connectivity index (χ3n) is 13.5. The van der Waals surface area contributed by atoms with Crippen molar-refractivity contribution in [1.29, 1.82) is 0 Å². The first-order valence-corrected chi connectivity index (χ1v) is 23.3. The number of hydrogen-bond donors (Lipinski definition) is 4. The Hall–Kier alpha value is -5.84. The molecule has 4 aromatic rings. The molecule has 4 aliphatic heterocycles. The number of carbonyl (C=O) groups excluding carboxylic acids is 5. The number of benzene rings is 2. The fourth-order valence-corrected chi connectivity index (χ4v) is 10.0. The van der Waals surface area contributed by atoms with E-state index < -0.39 is 41.3 Å². The SMILES string of the molecule is CCn1c(-c2cnccc2COC)c2c3cc(ccc31)-c1cc(O)cc(c1)C[C@H](NC(=O)[C@H](C(C)C)N(C)C(=O)C1CN(C(=O)[C@H]3CN3)C1)C(=O)N1CCC[C@@H](CC(=O)OCC(C)(C)C2)N1. The number of likely N-dealkylation sites (tertiary alicyclic amines) is 1. The van der Waals surface area contributed by atoms with E-state index in [0.717, 1.165) is 44.4 Å². The van der Waals surface area contributed by atoms with Crippen molar-refractivity contribution in [3.8, 4) is 28.1 Å². The molecule has 16 nitrogen and oxygen atoms in total. The normalized spacial score (nSPS) is 21.7. The van der Waals surface area contributed by atoms with Gasteiger partial charge in [0.25, 0.3) is 5.91 Å². The van der Waals surface area contributed by atoms with Gasteiger partial charge in [0, 0.05) is 93.6 Å². The number of nitrogens with zero attached hydrogens (tertiary/aromatic N) is 5. The summed E-state index contributed by atoms with van der Waals surface area (Å²) in [7, 11) is 3.27. The average molecular weight is 905 g/mol. The minimum atomic E-state index is -1.11. The standard InChI is InChI=1S/C50H64N8O8/c1-8-57-42-12-11-31-20-37(42)38(45(57)39-23-51-14-13-32(39)27-65-7)22-50(4,5)28-66-43(60)21-35-10-9-15-58(54-35)49(64)40(18-30-16-33(31)19-36(59)17-30)53-46(61)44(29(2)3)55(6)47(62)34-25-56(26-34)48(63)41-24-52-41/h11-14,16-17,19-20,23,29,34-35,40-41,44,52,54,59H,8-10,15,18,21-22,24-28H2,1-7H3,(H,53,61)/t35-,40-,41+,44-/m0/s1. The van der Waals surface area contributed by atoms with E-state index in [4.69, 9.17) is 9.47 Å². The van der Waals surface area contributed by atoms with Gasteiger partial charge in [-0.3, -0.25) is 34.0 Å². The predicted molar refractivity (Wildman–Crippen MR) is 248 cm³/mol. The lowest BCUT2D eigenvalue weighted by atomic mass is 9.84. The van der Waals surface area contributed by atoms with Gasteiger partial charge in [-0.15, -0.1) is 0 Å². The van der Waals surface area contributed by atoms with Crippen LogP contribution in [0.2, 0.25) is 0 Å². The van der Waals surface area contributed by atoms with Gasteiger partial charge in [0.15, 0.2) is 0 Å². The molecule has 0 aliphatic carbocycles. The van der Waals surface area contributed by atoms with Crippen LogP contribution in [0.15, 0.2) is 54.9 Å². The van der Waals surface area contributed by atoms with Gasteiger partial charge in [-0.2, -0.15) is 0 Å². The summed E-state index contributed by atoms with van der Waals surface area (Å²) in [6, 6.07) is 10.9. The summed E-state index contributed by atoms with van der Waals surface area (Å²) in [4.78, 5) is 76.8. The summed E-state index contributed by atoms with van der Waals surface area (Å²) in [5, 5.41) is 19.8. The van der Waals surface area contributed by atoms with E-state index in [-0.39, 0.29) is 54.9 Å². The Morgan fingerprint density at radius 1 is 1.08 bits per heavy atom. The highest BCUT2D eigenvalue weighted by atomic mass is 16.5. The molecule has 6 bridgehead atoms. The summed E-state index contributed by atoms with van der Waals surface area (Å²) >= 11 is 0. The minimum absolute atomic E-state index is 0.00135. The first-order valence-electron chi connectivity index (χ1n) is 23.3. The summed E-state index contributed by atoms with van der Waals surface area (Å²) in [6.07, 6.45) is 5.52. The molecule has 4 aliphatic rings. The first-order chi connectivity index (χ1) is 31.5. The lowest BCUT2D eigenvalue weighted by Gasteiger charge is -2.42. The van der Waals surface area contributed by atoms with Crippen molar-refractivity contribution in [2.24, 2.45) is 17.3 Å². The van der Waals surface area contributed by atoms with Crippen molar-refractivity contribution in [1.82, 2.24) is 40.4 Å². The summed E-state index contributed by atoms with van der Waals surface area (Å²) < 4.78 is 14.0. The second-order valence-electron chi connectivity index (χ2n) is 19.6. The number of nitrogens with one attached hydrogen (secondary N) is 3. The Balaban J connectivity index is 1.17. The Morgan fingerprint density at radius 2 is 1.85 bits per heavy atom. The quantitative estimate of drug-likeness (QED) is 0.132. The van der Waals surface area contributed by atoms with Gasteiger partial charge in [-0.05, 0) is 90.3 Å². The third kappa shape index (κ3) is 9.81. The topological polar surface area (TPSA) is 198 Å². The molecule has 0 radical (unpaired) electrons. The van der Waals surface area contributed by atoms with Gasteiger partial charge >= 0.3 is 5.97 Å². The number of likely N-dealkylation sites (N-methyl/N-ethyl adjacent to an activating group) is 1. The summed E-state index contributed by atoms with van der Waals surface area (Å²) in [6.45, 7) is 12.8. The maximum absolute atomic E-state index is 14.7. The van der Waals surface area contributed by atoms with E-state index in [9.17, 15) is 29.1 Å².